The molecule has 8 nitrogen and oxygen atoms in total. The Bertz CT molecular complexity index is 761. The molecule has 0 saturated heterocycles. The number of hydrogen-bond donors (Lipinski definition) is 5. The zero-order chi connectivity index (χ0) is 17.7. The Hall–Kier alpha value is -1.87. The fourth-order valence-corrected chi connectivity index (χ4v) is 2.41. The van der Waals surface area contributed by atoms with Gasteiger partial charge in [0.25, 0.3) is 0 Å². The maximum absolute atomic E-state index is 12.0. The minimum atomic E-state index is -1.18. The molecule has 1 amide bonds. The van der Waals surface area contributed by atoms with Crippen LogP contribution in [0.1, 0.15) is 18.4 Å². The predicted molar refractivity (Wildman–Crippen MR) is 92.2 cm³/mol. The van der Waals surface area contributed by atoms with Crippen molar-refractivity contribution in [3.8, 4) is 0 Å². The number of carbonyl (C=O) groups excluding carboxylic acids is 1. The normalized spacial score (nSPS) is 12.8. The van der Waals surface area contributed by atoms with E-state index < -0.39 is 29.9 Å². The van der Waals surface area contributed by atoms with Crippen molar-refractivity contribution in [3.05, 3.63) is 36.0 Å². The second-order valence-electron chi connectivity index (χ2n) is 5.50. The van der Waals surface area contributed by atoms with Crippen LogP contribution in [0.5, 0.6) is 0 Å². The number of rotatable bonds is 8. The van der Waals surface area contributed by atoms with Crippen molar-refractivity contribution < 1.29 is 24.6 Å². The second kappa shape index (κ2) is 9.57. The molecule has 0 aliphatic rings. The smallest absolute Gasteiger partial charge is 0.326 e. The minimum absolute atomic E-state index is 0. The van der Waals surface area contributed by atoms with Crippen molar-refractivity contribution in [3.63, 3.8) is 0 Å². The van der Waals surface area contributed by atoms with E-state index >= 15 is 0 Å². The number of carboxylic acids is 2. The molecule has 9 heteroatoms. The fourth-order valence-electron chi connectivity index (χ4n) is 2.41. The average Bonchev–Trinajstić information content (AvgIpc) is 2.94. The van der Waals surface area contributed by atoms with Gasteiger partial charge in [-0.2, -0.15) is 0 Å². The van der Waals surface area contributed by atoms with Crippen LogP contribution in [0.2, 0.25) is 0 Å². The van der Waals surface area contributed by atoms with Crippen LogP contribution in [0.15, 0.2) is 30.5 Å². The van der Waals surface area contributed by atoms with E-state index in [0.717, 1.165) is 16.5 Å². The Morgan fingerprint density at radius 1 is 1.20 bits per heavy atom. The first-order chi connectivity index (χ1) is 11.4. The SMILES string of the molecule is N[C@H](CCC(=O)O)C(=O)N[C@H](Cc1c[nH]c2ccccc12)C(=O)O.[Na]. The average molecular weight is 356 g/mol. The Morgan fingerprint density at radius 3 is 2.52 bits per heavy atom. The van der Waals surface area contributed by atoms with Crippen LogP contribution >= 0.6 is 0 Å². The summed E-state index contributed by atoms with van der Waals surface area (Å²) in [7, 11) is 0. The molecular weight excluding hydrogens is 337 g/mol. The number of amides is 1. The summed E-state index contributed by atoms with van der Waals surface area (Å²) in [6, 6.07) is 5.23. The van der Waals surface area contributed by atoms with Crippen LogP contribution in [-0.2, 0) is 20.8 Å². The van der Waals surface area contributed by atoms with Crippen molar-refractivity contribution in [2.24, 2.45) is 5.73 Å². The molecule has 6 N–H and O–H groups in total. The van der Waals surface area contributed by atoms with Gasteiger partial charge < -0.3 is 26.2 Å². The number of fused-ring (bicyclic) bond motifs is 1. The molecule has 1 aromatic heterocycles. The number of carboxylic acid groups (broad SMARTS) is 2. The summed E-state index contributed by atoms with van der Waals surface area (Å²) in [6.45, 7) is 0. The quantitative estimate of drug-likeness (QED) is 0.424. The predicted octanol–water partition coefficient (Wildman–Crippen LogP) is 0.0911. The Kier molecular flexibility index (Phi) is 8.11. The molecule has 1 aromatic carbocycles. The Balaban J connectivity index is 0.00000312. The van der Waals surface area contributed by atoms with Gasteiger partial charge in [-0.05, 0) is 18.1 Å². The van der Waals surface area contributed by atoms with Crippen molar-refractivity contribution in [2.45, 2.75) is 31.3 Å². The number of aromatic nitrogens is 1. The van der Waals surface area contributed by atoms with E-state index in [1.165, 1.54) is 0 Å². The van der Waals surface area contributed by atoms with E-state index in [1.807, 2.05) is 24.3 Å². The first-order valence-electron chi connectivity index (χ1n) is 7.44. The number of nitrogens with one attached hydrogen (secondary N) is 2. The minimum Gasteiger partial charge on any atom is -0.481 e. The molecule has 2 rings (SSSR count). The van der Waals surface area contributed by atoms with Crippen LogP contribution in [0.3, 0.4) is 0 Å². The number of para-hydroxylation sites is 1. The monoisotopic (exact) mass is 356 g/mol. The molecule has 1 radical (unpaired) electrons. The van der Waals surface area contributed by atoms with E-state index in [2.05, 4.69) is 10.3 Å². The van der Waals surface area contributed by atoms with Gasteiger partial charge in [0.1, 0.15) is 6.04 Å². The van der Waals surface area contributed by atoms with Crippen LogP contribution < -0.4 is 11.1 Å². The molecule has 0 bridgehead atoms. The van der Waals surface area contributed by atoms with Crippen molar-refractivity contribution in [1.82, 2.24) is 10.3 Å². The third-order valence-corrected chi connectivity index (χ3v) is 3.72. The molecule has 2 atom stereocenters. The molecule has 25 heavy (non-hydrogen) atoms. The zero-order valence-corrected chi connectivity index (χ0v) is 15.9. The van der Waals surface area contributed by atoms with E-state index in [4.69, 9.17) is 10.8 Å². The Morgan fingerprint density at radius 2 is 1.88 bits per heavy atom. The van der Waals surface area contributed by atoms with Gasteiger partial charge in [0.05, 0.1) is 6.04 Å². The van der Waals surface area contributed by atoms with Crippen LogP contribution in [0.4, 0.5) is 0 Å². The first-order valence-corrected chi connectivity index (χ1v) is 7.44. The van der Waals surface area contributed by atoms with Gasteiger partial charge in [-0.3, -0.25) is 9.59 Å². The Labute approximate surface area is 166 Å². The largest absolute Gasteiger partial charge is 0.481 e. The van der Waals surface area contributed by atoms with E-state index in [0.29, 0.717) is 0 Å². The third kappa shape index (κ3) is 5.86. The van der Waals surface area contributed by atoms with Gasteiger partial charge >= 0.3 is 11.9 Å². The van der Waals surface area contributed by atoms with E-state index in [1.54, 1.807) is 6.20 Å². The fraction of sp³-hybridized carbons (Fsp3) is 0.312. The number of carbonyl (C=O) groups is 3. The van der Waals surface area contributed by atoms with Crippen LogP contribution in [0, 0.1) is 0 Å². The van der Waals surface area contributed by atoms with Crippen LogP contribution in [-0.4, -0.2) is 74.7 Å². The standard InChI is InChI=1S/C16H19N3O5.Na/c17-11(5-6-14(20)21)15(22)19-13(16(23)24)7-9-8-18-12-4-2-1-3-10(9)12;/h1-4,8,11,13,18H,5-7,17H2,(H,19,22)(H,20,21)(H,23,24);/t11-,13-;/m1./s1. The molecule has 129 valence electrons. The van der Waals surface area contributed by atoms with Gasteiger partial charge in [0.2, 0.25) is 5.91 Å². The van der Waals surface area contributed by atoms with Crippen molar-refractivity contribution >= 4 is 58.3 Å². The van der Waals surface area contributed by atoms with Gasteiger partial charge in [0, 0.05) is 59.5 Å². The summed E-state index contributed by atoms with van der Waals surface area (Å²) < 4.78 is 0. The molecule has 0 aliphatic carbocycles. The van der Waals surface area contributed by atoms with Gasteiger partial charge in [0.15, 0.2) is 0 Å². The summed E-state index contributed by atoms with van der Waals surface area (Å²) >= 11 is 0. The molecule has 0 fully saturated rings. The van der Waals surface area contributed by atoms with Gasteiger partial charge in [-0.25, -0.2) is 4.79 Å². The second-order valence-corrected chi connectivity index (χ2v) is 5.50. The molecule has 0 aliphatic heterocycles. The number of aliphatic carboxylic acids is 2. The van der Waals surface area contributed by atoms with Gasteiger partial charge in [-0.1, -0.05) is 18.2 Å². The van der Waals surface area contributed by atoms with Crippen molar-refractivity contribution in [2.75, 3.05) is 0 Å². The first kappa shape index (κ1) is 21.2. The van der Waals surface area contributed by atoms with E-state index in [9.17, 15) is 19.5 Å². The zero-order valence-electron chi connectivity index (χ0n) is 13.9. The molecule has 0 spiro atoms. The molecule has 2 aromatic rings. The number of aromatic amines is 1. The summed E-state index contributed by atoms with van der Waals surface area (Å²) in [5.41, 5.74) is 7.24. The number of nitrogens with two attached hydrogens (primary N) is 1. The molecule has 0 unspecified atom stereocenters. The van der Waals surface area contributed by atoms with Crippen LogP contribution in [0.25, 0.3) is 10.9 Å². The summed E-state index contributed by atoms with van der Waals surface area (Å²) in [5, 5.41) is 21.2. The summed E-state index contributed by atoms with van der Waals surface area (Å²) in [6.07, 6.45) is 1.49. The molecule has 0 saturated carbocycles. The summed E-state index contributed by atoms with van der Waals surface area (Å²) in [4.78, 5) is 36.9. The topological polar surface area (TPSA) is 146 Å². The number of H-pyrrole nitrogens is 1. The summed E-state index contributed by atoms with van der Waals surface area (Å²) in [5.74, 6) is -2.92. The van der Waals surface area contributed by atoms with Crippen molar-refractivity contribution in [1.29, 1.82) is 0 Å². The van der Waals surface area contributed by atoms with E-state index in [-0.39, 0.29) is 48.8 Å². The third-order valence-electron chi connectivity index (χ3n) is 3.72. The number of benzene rings is 1. The molecular formula is C16H19N3NaO5. The maximum atomic E-state index is 12.0. The van der Waals surface area contributed by atoms with Gasteiger partial charge in [-0.15, -0.1) is 0 Å². The maximum Gasteiger partial charge on any atom is 0.326 e. The number of hydrogen-bond acceptors (Lipinski definition) is 4. The molecule has 1 heterocycles.